The third-order valence-corrected chi connectivity index (χ3v) is 6.38. The van der Waals surface area contributed by atoms with E-state index >= 15 is 0 Å². The number of benzene rings is 2. The SMILES string of the molecule is COc1ccc(S(=O)(=O)C[C@H]2CCOC2)cc1C(=O)Nc1c(F)cc(F)cc1F. The van der Waals surface area contributed by atoms with Crippen LogP contribution in [0.15, 0.2) is 35.2 Å². The van der Waals surface area contributed by atoms with E-state index in [2.05, 4.69) is 0 Å². The van der Waals surface area contributed by atoms with Gasteiger partial charge in [0.05, 0.1) is 29.9 Å². The Balaban J connectivity index is 1.92. The third-order valence-electron chi connectivity index (χ3n) is 4.50. The van der Waals surface area contributed by atoms with Crippen molar-refractivity contribution in [2.24, 2.45) is 5.92 Å². The van der Waals surface area contributed by atoms with Gasteiger partial charge in [-0.15, -0.1) is 0 Å². The Morgan fingerprint density at radius 1 is 1.21 bits per heavy atom. The normalized spacial score (nSPS) is 16.6. The number of halogens is 3. The number of anilines is 1. The van der Waals surface area contributed by atoms with Gasteiger partial charge in [0, 0.05) is 18.7 Å². The molecule has 1 heterocycles. The number of carbonyl (C=O) groups is 1. The van der Waals surface area contributed by atoms with Gasteiger partial charge in [-0.1, -0.05) is 0 Å². The molecule has 1 saturated heterocycles. The van der Waals surface area contributed by atoms with Crippen molar-refractivity contribution in [1.82, 2.24) is 0 Å². The van der Waals surface area contributed by atoms with E-state index < -0.39 is 38.9 Å². The van der Waals surface area contributed by atoms with Gasteiger partial charge < -0.3 is 14.8 Å². The zero-order valence-corrected chi connectivity index (χ0v) is 16.2. The van der Waals surface area contributed by atoms with Crippen molar-refractivity contribution in [2.45, 2.75) is 11.3 Å². The van der Waals surface area contributed by atoms with Crippen LogP contribution in [0.1, 0.15) is 16.8 Å². The Bertz CT molecular complexity index is 1010. The minimum absolute atomic E-state index is 0.00794. The molecule has 2 aromatic rings. The lowest BCUT2D eigenvalue weighted by atomic mass is 10.1. The standard InChI is InChI=1S/C19H18F3NO5S/c1-27-17-3-2-13(29(25,26)10-11-4-5-28-9-11)8-14(17)19(24)23-18-15(21)6-12(20)7-16(18)22/h2-3,6-8,11H,4-5,9-10H2,1H3,(H,23,24)/t11-/m0/s1. The molecule has 0 unspecified atom stereocenters. The van der Waals surface area contributed by atoms with Crippen LogP contribution in [-0.4, -0.2) is 40.4 Å². The molecule has 1 fully saturated rings. The Morgan fingerprint density at radius 3 is 2.48 bits per heavy atom. The van der Waals surface area contributed by atoms with E-state index in [4.69, 9.17) is 9.47 Å². The van der Waals surface area contributed by atoms with Gasteiger partial charge >= 0.3 is 0 Å². The van der Waals surface area contributed by atoms with Crippen LogP contribution >= 0.6 is 0 Å². The summed E-state index contributed by atoms with van der Waals surface area (Å²) in [6.07, 6.45) is 0.617. The van der Waals surface area contributed by atoms with Gasteiger partial charge in [0.15, 0.2) is 21.5 Å². The van der Waals surface area contributed by atoms with Gasteiger partial charge in [0.25, 0.3) is 5.91 Å². The number of ether oxygens (including phenoxy) is 2. The fraction of sp³-hybridized carbons (Fsp3) is 0.316. The second kappa shape index (κ2) is 8.42. The van der Waals surface area contributed by atoms with Gasteiger partial charge in [0.2, 0.25) is 0 Å². The van der Waals surface area contributed by atoms with E-state index in [0.29, 0.717) is 31.8 Å². The Morgan fingerprint density at radius 2 is 1.90 bits per heavy atom. The topological polar surface area (TPSA) is 81.7 Å². The van der Waals surface area contributed by atoms with Crippen LogP contribution in [0, 0.1) is 23.4 Å². The van der Waals surface area contributed by atoms with Crippen LogP contribution in [0.3, 0.4) is 0 Å². The first-order valence-electron chi connectivity index (χ1n) is 8.65. The molecule has 1 amide bonds. The lowest BCUT2D eigenvalue weighted by molar-refractivity contribution is 0.102. The quantitative estimate of drug-likeness (QED) is 0.763. The van der Waals surface area contributed by atoms with Crippen LogP contribution in [0.4, 0.5) is 18.9 Å². The molecule has 1 aliphatic rings. The monoisotopic (exact) mass is 429 g/mol. The first kappa shape index (κ1) is 21.1. The molecule has 10 heteroatoms. The van der Waals surface area contributed by atoms with E-state index in [0.717, 1.165) is 6.07 Å². The smallest absolute Gasteiger partial charge is 0.259 e. The molecule has 0 bridgehead atoms. The molecule has 1 atom stereocenters. The highest BCUT2D eigenvalue weighted by molar-refractivity contribution is 7.91. The molecule has 0 aromatic heterocycles. The van der Waals surface area contributed by atoms with Crippen molar-refractivity contribution >= 4 is 21.4 Å². The minimum Gasteiger partial charge on any atom is -0.496 e. The summed E-state index contributed by atoms with van der Waals surface area (Å²) in [5, 5.41) is 2.00. The zero-order valence-electron chi connectivity index (χ0n) is 15.4. The number of carbonyl (C=O) groups excluding carboxylic acids is 1. The molecule has 0 aliphatic carbocycles. The molecule has 29 heavy (non-hydrogen) atoms. The molecule has 6 nitrogen and oxygen atoms in total. The predicted molar refractivity (Wildman–Crippen MR) is 98.2 cm³/mol. The van der Waals surface area contributed by atoms with Crippen LogP contribution in [0.5, 0.6) is 5.75 Å². The van der Waals surface area contributed by atoms with Gasteiger partial charge in [0.1, 0.15) is 17.3 Å². The van der Waals surface area contributed by atoms with E-state index in [1.165, 1.54) is 19.2 Å². The molecular formula is C19H18F3NO5S. The van der Waals surface area contributed by atoms with Crippen LogP contribution in [0.25, 0.3) is 0 Å². The number of hydrogen-bond donors (Lipinski definition) is 1. The lowest BCUT2D eigenvalue weighted by Gasteiger charge is -2.14. The summed E-state index contributed by atoms with van der Waals surface area (Å²) in [6, 6.07) is 4.49. The zero-order chi connectivity index (χ0) is 21.2. The number of sulfone groups is 1. The van der Waals surface area contributed by atoms with Gasteiger partial charge in [-0.05, 0) is 30.5 Å². The first-order valence-corrected chi connectivity index (χ1v) is 10.3. The molecular weight excluding hydrogens is 411 g/mol. The number of rotatable bonds is 6. The Hall–Kier alpha value is -2.59. The maximum atomic E-state index is 13.8. The van der Waals surface area contributed by atoms with Crippen LogP contribution in [-0.2, 0) is 14.6 Å². The second-order valence-corrected chi connectivity index (χ2v) is 8.61. The minimum atomic E-state index is -3.73. The maximum absolute atomic E-state index is 13.8. The molecule has 0 spiro atoms. The summed E-state index contributed by atoms with van der Waals surface area (Å²) in [7, 11) is -2.47. The van der Waals surface area contributed by atoms with Crippen molar-refractivity contribution in [3.63, 3.8) is 0 Å². The summed E-state index contributed by atoms with van der Waals surface area (Å²) in [5.41, 5.74) is -1.09. The average molecular weight is 429 g/mol. The molecule has 2 aromatic carbocycles. The number of hydrogen-bond acceptors (Lipinski definition) is 5. The third kappa shape index (κ3) is 4.70. The second-order valence-electron chi connectivity index (χ2n) is 6.57. The van der Waals surface area contributed by atoms with E-state index in [-0.39, 0.29) is 27.9 Å². The summed E-state index contributed by atoms with van der Waals surface area (Å²) in [5.74, 6) is -5.05. The summed E-state index contributed by atoms with van der Waals surface area (Å²) < 4.78 is 76.3. The van der Waals surface area contributed by atoms with Crippen molar-refractivity contribution in [3.8, 4) is 5.75 Å². The van der Waals surface area contributed by atoms with Crippen molar-refractivity contribution in [1.29, 1.82) is 0 Å². The number of amides is 1. The Labute approximate surface area is 165 Å². The molecule has 1 N–H and O–H groups in total. The highest BCUT2D eigenvalue weighted by Gasteiger charge is 2.27. The van der Waals surface area contributed by atoms with E-state index in [1.54, 1.807) is 0 Å². The fourth-order valence-electron chi connectivity index (χ4n) is 3.02. The molecule has 0 saturated carbocycles. The Kier molecular flexibility index (Phi) is 6.13. The number of methoxy groups -OCH3 is 1. The van der Waals surface area contributed by atoms with Gasteiger partial charge in [-0.25, -0.2) is 21.6 Å². The summed E-state index contributed by atoms with van der Waals surface area (Å²) >= 11 is 0. The van der Waals surface area contributed by atoms with Crippen molar-refractivity contribution in [3.05, 3.63) is 53.3 Å². The van der Waals surface area contributed by atoms with Gasteiger partial charge in [-0.3, -0.25) is 4.79 Å². The van der Waals surface area contributed by atoms with Crippen LogP contribution < -0.4 is 10.1 Å². The van der Waals surface area contributed by atoms with E-state index in [1.807, 2.05) is 5.32 Å². The number of nitrogens with one attached hydrogen (secondary N) is 1. The molecule has 1 aliphatic heterocycles. The highest BCUT2D eigenvalue weighted by atomic mass is 32.2. The predicted octanol–water partition coefficient (Wildman–Crippen LogP) is 3.18. The van der Waals surface area contributed by atoms with Gasteiger partial charge in [-0.2, -0.15) is 0 Å². The maximum Gasteiger partial charge on any atom is 0.259 e. The van der Waals surface area contributed by atoms with Crippen molar-refractivity contribution < 1.29 is 35.9 Å². The summed E-state index contributed by atoms with van der Waals surface area (Å²) in [4.78, 5) is 12.4. The largest absolute Gasteiger partial charge is 0.496 e. The highest BCUT2D eigenvalue weighted by Crippen LogP contribution is 2.28. The summed E-state index contributed by atoms with van der Waals surface area (Å²) in [6.45, 7) is 0.830. The lowest BCUT2D eigenvalue weighted by Crippen LogP contribution is -2.19. The van der Waals surface area contributed by atoms with E-state index in [9.17, 15) is 26.4 Å². The molecule has 3 rings (SSSR count). The van der Waals surface area contributed by atoms with Crippen LogP contribution in [0.2, 0.25) is 0 Å². The average Bonchev–Trinajstić information content (AvgIpc) is 3.16. The van der Waals surface area contributed by atoms with Crippen molar-refractivity contribution in [2.75, 3.05) is 31.4 Å². The molecule has 0 radical (unpaired) electrons. The first-order chi connectivity index (χ1) is 13.7. The fourth-order valence-corrected chi connectivity index (χ4v) is 4.67. The molecule has 156 valence electrons.